The lowest BCUT2D eigenvalue weighted by Crippen LogP contribution is -2.45. The first-order chi connectivity index (χ1) is 9.95. The fourth-order valence-electron chi connectivity index (χ4n) is 2.39. The number of halogens is 2. The highest BCUT2D eigenvalue weighted by Gasteiger charge is 2.23. The summed E-state index contributed by atoms with van der Waals surface area (Å²) in [4.78, 5) is 12.0. The van der Waals surface area contributed by atoms with Crippen LogP contribution in [0.3, 0.4) is 0 Å². The SMILES string of the molecule is CC(Oc1ccc(F)c(F)c1)C(=O)NC1CCC(N)CC1. The minimum atomic E-state index is -0.999. The average molecular weight is 298 g/mol. The van der Waals surface area contributed by atoms with Crippen LogP contribution in [0.25, 0.3) is 0 Å². The van der Waals surface area contributed by atoms with Crippen molar-refractivity contribution in [1.82, 2.24) is 5.32 Å². The normalized spacial score (nSPS) is 23.4. The Bertz CT molecular complexity index is 502. The van der Waals surface area contributed by atoms with E-state index in [1.165, 1.54) is 6.07 Å². The number of nitrogens with one attached hydrogen (secondary N) is 1. The molecule has 3 N–H and O–H groups in total. The quantitative estimate of drug-likeness (QED) is 0.895. The standard InChI is InChI=1S/C15H20F2N2O2/c1-9(21-12-6-7-13(16)14(17)8-12)15(20)19-11-4-2-10(18)3-5-11/h6-11H,2-5,18H2,1H3,(H,19,20). The summed E-state index contributed by atoms with van der Waals surface area (Å²) in [5.74, 6) is -2.08. The van der Waals surface area contributed by atoms with Crippen LogP contribution in [0.1, 0.15) is 32.6 Å². The van der Waals surface area contributed by atoms with Gasteiger partial charge in [-0.05, 0) is 44.7 Å². The van der Waals surface area contributed by atoms with Crippen molar-refractivity contribution >= 4 is 5.91 Å². The van der Waals surface area contributed by atoms with Crippen LogP contribution >= 0.6 is 0 Å². The van der Waals surface area contributed by atoms with Crippen molar-refractivity contribution in [3.8, 4) is 5.75 Å². The molecule has 1 amide bonds. The number of amides is 1. The molecule has 2 rings (SSSR count). The van der Waals surface area contributed by atoms with E-state index in [2.05, 4.69) is 5.32 Å². The van der Waals surface area contributed by atoms with E-state index in [4.69, 9.17) is 10.5 Å². The largest absolute Gasteiger partial charge is 0.481 e. The fourth-order valence-corrected chi connectivity index (χ4v) is 2.39. The summed E-state index contributed by atoms with van der Waals surface area (Å²) >= 11 is 0. The topological polar surface area (TPSA) is 64.3 Å². The first-order valence-electron chi connectivity index (χ1n) is 7.13. The van der Waals surface area contributed by atoms with Crippen molar-refractivity contribution in [2.24, 2.45) is 5.73 Å². The second-order valence-electron chi connectivity index (χ2n) is 5.46. The van der Waals surface area contributed by atoms with Gasteiger partial charge in [0.25, 0.3) is 5.91 Å². The van der Waals surface area contributed by atoms with Crippen molar-refractivity contribution < 1.29 is 18.3 Å². The Balaban J connectivity index is 1.86. The lowest BCUT2D eigenvalue weighted by molar-refractivity contribution is -0.128. The minimum Gasteiger partial charge on any atom is -0.481 e. The summed E-state index contributed by atoms with van der Waals surface area (Å²) in [5.41, 5.74) is 5.81. The predicted molar refractivity (Wildman–Crippen MR) is 74.8 cm³/mol. The lowest BCUT2D eigenvalue weighted by Gasteiger charge is -2.27. The zero-order valence-corrected chi connectivity index (χ0v) is 11.9. The highest BCUT2D eigenvalue weighted by molar-refractivity contribution is 5.81. The second kappa shape index (κ2) is 6.85. The molecule has 0 saturated heterocycles. The number of nitrogens with two attached hydrogens (primary N) is 1. The van der Waals surface area contributed by atoms with Gasteiger partial charge in [-0.25, -0.2) is 8.78 Å². The number of benzene rings is 1. The summed E-state index contributed by atoms with van der Waals surface area (Å²) in [6.45, 7) is 1.57. The maximum Gasteiger partial charge on any atom is 0.260 e. The maximum absolute atomic E-state index is 13.1. The number of hydrogen-bond donors (Lipinski definition) is 2. The molecule has 0 bridgehead atoms. The molecule has 0 spiro atoms. The Hall–Kier alpha value is -1.69. The van der Waals surface area contributed by atoms with Crippen molar-refractivity contribution in [1.29, 1.82) is 0 Å². The second-order valence-corrected chi connectivity index (χ2v) is 5.46. The third-order valence-corrected chi connectivity index (χ3v) is 3.69. The Morgan fingerprint density at radius 2 is 1.95 bits per heavy atom. The van der Waals surface area contributed by atoms with Crippen molar-refractivity contribution in [2.45, 2.75) is 50.8 Å². The van der Waals surface area contributed by atoms with Gasteiger partial charge in [-0.15, -0.1) is 0 Å². The van der Waals surface area contributed by atoms with Crippen LogP contribution in [0.15, 0.2) is 18.2 Å². The van der Waals surface area contributed by atoms with Gasteiger partial charge in [0.2, 0.25) is 0 Å². The molecule has 0 aromatic heterocycles. The van der Waals surface area contributed by atoms with Crippen LogP contribution in [0, 0.1) is 11.6 Å². The average Bonchev–Trinajstić information content (AvgIpc) is 2.45. The van der Waals surface area contributed by atoms with Crippen molar-refractivity contribution in [2.75, 3.05) is 0 Å². The molecule has 0 radical (unpaired) electrons. The van der Waals surface area contributed by atoms with E-state index in [1.54, 1.807) is 6.92 Å². The molecule has 1 unspecified atom stereocenters. The Labute approximate surface area is 122 Å². The molecule has 4 nitrogen and oxygen atoms in total. The summed E-state index contributed by atoms with van der Waals surface area (Å²) in [6.07, 6.45) is 2.72. The first kappa shape index (κ1) is 15.7. The predicted octanol–water partition coefficient (Wildman–Crippen LogP) is 2.12. The first-order valence-corrected chi connectivity index (χ1v) is 7.13. The number of carbonyl (C=O) groups excluding carboxylic acids is 1. The zero-order valence-electron chi connectivity index (χ0n) is 11.9. The van der Waals surface area contributed by atoms with Crippen LogP contribution in [0.2, 0.25) is 0 Å². The summed E-state index contributed by atoms with van der Waals surface area (Å²) in [5, 5.41) is 2.90. The highest BCUT2D eigenvalue weighted by Crippen LogP contribution is 2.19. The molecule has 0 heterocycles. The smallest absolute Gasteiger partial charge is 0.260 e. The van der Waals surface area contributed by atoms with E-state index in [1.807, 2.05) is 0 Å². The number of hydrogen-bond acceptors (Lipinski definition) is 3. The Morgan fingerprint density at radius 1 is 1.29 bits per heavy atom. The van der Waals surface area contributed by atoms with Crippen LogP contribution in [-0.4, -0.2) is 24.1 Å². The molecule has 1 aromatic rings. The van der Waals surface area contributed by atoms with E-state index < -0.39 is 17.7 Å². The molecule has 116 valence electrons. The Kier molecular flexibility index (Phi) is 5.12. The maximum atomic E-state index is 13.1. The third-order valence-electron chi connectivity index (χ3n) is 3.69. The Morgan fingerprint density at radius 3 is 2.57 bits per heavy atom. The van der Waals surface area contributed by atoms with Gasteiger partial charge < -0.3 is 15.8 Å². The van der Waals surface area contributed by atoms with Crippen LogP contribution < -0.4 is 15.8 Å². The highest BCUT2D eigenvalue weighted by atomic mass is 19.2. The van der Waals surface area contributed by atoms with Gasteiger partial charge in [0, 0.05) is 18.2 Å². The summed E-state index contributed by atoms with van der Waals surface area (Å²) in [7, 11) is 0. The molecule has 1 aliphatic carbocycles. The molecule has 6 heteroatoms. The number of ether oxygens (including phenoxy) is 1. The molecular formula is C15H20F2N2O2. The molecule has 0 aliphatic heterocycles. The molecule has 21 heavy (non-hydrogen) atoms. The van der Waals surface area contributed by atoms with Crippen molar-refractivity contribution in [3.63, 3.8) is 0 Å². The van der Waals surface area contributed by atoms with Gasteiger partial charge in [-0.3, -0.25) is 4.79 Å². The van der Waals surface area contributed by atoms with E-state index in [-0.39, 0.29) is 23.7 Å². The monoisotopic (exact) mass is 298 g/mol. The van der Waals surface area contributed by atoms with E-state index in [0.717, 1.165) is 37.8 Å². The zero-order chi connectivity index (χ0) is 15.4. The van der Waals surface area contributed by atoms with Gasteiger partial charge >= 0.3 is 0 Å². The lowest BCUT2D eigenvalue weighted by atomic mass is 9.92. The summed E-state index contributed by atoms with van der Waals surface area (Å²) in [6, 6.07) is 3.51. The van der Waals surface area contributed by atoms with E-state index >= 15 is 0 Å². The van der Waals surface area contributed by atoms with Gasteiger partial charge in [-0.1, -0.05) is 0 Å². The van der Waals surface area contributed by atoms with Gasteiger partial charge in [0.05, 0.1) is 0 Å². The van der Waals surface area contributed by atoms with E-state index in [0.29, 0.717) is 0 Å². The van der Waals surface area contributed by atoms with Crippen LogP contribution in [-0.2, 0) is 4.79 Å². The fraction of sp³-hybridized carbons (Fsp3) is 0.533. The van der Waals surface area contributed by atoms with Crippen LogP contribution in [0.5, 0.6) is 5.75 Å². The molecule has 1 fully saturated rings. The molecule has 1 aromatic carbocycles. The molecule has 1 aliphatic rings. The minimum absolute atomic E-state index is 0.105. The molecule has 1 atom stereocenters. The van der Waals surface area contributed by atoms with E-state index in [9.17, 15) is 13.6 Å². The van der Waals surface area contributed by atoms with Gasteiger partial charge in [0.1, 0.15) is 5.75 Å². The summed E-state index contributed by atoms with van der Waals surface area (Å²) < 4.78 is 31.2. The molecular weight excluding hydrogens is 278 g/mol. The van der Waals surface area contributed by atoms with Crippen molar-refractivity contribution in [3.05, 3.63) is 29.8 Å². The van der Waals surface area contributed by atoms with Gasteiger partial charge in [0.15, 0.2) is 17.7 Å². The number of rotatable bonds is 4. The molecule has 1 saturated carbocycles. The van der Waals surface area contributed by atoms with Gasteiger partial charge in [-0.2, -0.15) is 0 Å². The van der Waals surface area contributed by atoms with Crippen LogP contribution in [0.4, 0.5) is 8.78 Å². The third kappa shape index (κ3) is 4.39. The number of carbonyl (C=O) groups is 1.